The molecule has 0 saturated carbocycles. The van der Waals surface area contributed by atoms with E-state index in [2.05, 4.69) is 0 Å². The van der Waals surface area contributed by atoms with Crippen LogP contribution in [0.5, 0.6) is 0 Å². The maximum Gasteiger partial charge on any atom is 0.256 e. The number of hydrogen-bond donors (Lipinski definition) is 1. The molecule has 2 aliphatic heterocycles. The van der Waals surface area contributed by atoms with Gasteiger partial charge in [0.15, 0.2) is 19.7 Å². The van der Waals surface area contributed by atoms with E-state index in [1.54, 1.807) is 0 Å². The van der Waals surface area contributed by atoms with Crippen LogP contribution in [0.15, 0.2) is 23.1 Å². The molecule has 2 aliphatic rings. The summed E-state index contributed by atoms with van der Waals surface area (Å²) in [6, 6.07) is 2.92. The van der Waals surface area contributed by atoms with Crippen molar-refractivity contribution in [3.8, 4) is 0 Å². The number of carbonyl (C=O) groups is 2. The number of rotatable bonds is 4. The minimum absolute atomic E-state index is 0.0219. The average Bonchev–Trinajstić information content (AvgIpc) is 3.02. The van der Waals surface area contributed by atoms with Gasteiger partial charge in [0.25, 0.3) is 5.91 Å². The largest absolute Gasteiger partial charge is 0.369 e. The molecular weight excluding hydrogens is 411 g/mol. The van der Waals surface area contributed by atoms with Gasteiger partial charge in [-0.2, -0.15) is 0 Å². The number of carbonyl (C=O) groups excluding carboxylic acids is 2. The van der Waals surface area contributed by atoms with Gasteiger partial charge in [0.2, 0.25) is 5.91 Å². The van der Waals surface area contributed by atoms with Crippen molar-refractivity contribution in [2.75, 3.05) is 24.6 Å². The van der Waals surface area contributed by atoms with Crippen LogP contribution in [0.1, 0.15) is 29.6 Å². The molecule has 0 bridgehead atoms. The summed E-state index contributed by atoms with van der Waals surface area (Å²) >= 11 is 0. The number of likely N-dealkylation sites (tertiary alicyclic amines) is 1. The molecule has 3 rings (SSSR count). The first-order chi connectivity index (χ1) is 13.0. The van der Waals surface area contributed by atoms with Crippen molar-refractivity contribution in [2.45, 2.75) is 29.4 Å². The second-order valence-electron chi connectivity index (χ2n) is 7.18. The predicted molar refractivity (Wildman–Crippen MR) is 98.5 cm³/mol. The number of nitrogens with zero attached hydrogens (tertiary/aromatic N) is 1. The summed E-state index contributed by atoms with van der Waals surface area (Å²) < 4.78 is 63.0. The summed E-state index contributed by atoms with van der Waals surface area (Å²) in [7, 11) is -7.43. The first kappa shape index (κ1) is 20.7. The van der Waals surface area contributed by atoms with E-state index < -0.39 is 48.3 Å². The smallest absolute Gasteiger partial charge is 0.256 e. The Morgan fingerprint density at radius 2 is 1.79 bits per heavy atom. The summed E-state index contributed by atoms with van der Waals surface area (Å²) in [6.45, 7) is 0.424. The zero-order valence-corrected chi connectivity index (χ0v) is 16.6. The lowest BCUT2D eigenvalue weighted by Gasteiger charge is -2.30. The number of sulfone groups is 2. The molecule has 2 fully saturated rings. The lowest BCUT2D eigenvalue weighted by molar-refractivity contribution is -0.123. The Bertz CT molecular complexity index is 1010. The van der Waals surface area contributed by atoms with E-state index in [0.717, 1.165) is 18.2 Å². The van der Waals surface area contributed by atoms with Gasteiger partial charge in [0.1, 0.15) is 5.82 Å². The Labute approximate surface area is 162 Å². The maximum absolute atomic E-state index is 14.3. The number of hydrogen-bond acceptors (Lipinski definition) is 6. The van der Waals surface area contributed by atoms with Gasteiger partial charge in [0, 0.05) is 19.0 Å². The molecule has 2 heterocycles. The van der Waals surface area contributed by atoms with Gasteiger partial charge in [-0.05, 0) is 37.5 Å². The Balaban J connectivity index is 1.84. The van der Waals surface area contributed by atoms with Gasteiger partial charge in [-0.25, -0.2) is 21.2 Å². The molecule has 0 aromatic heterocycles. The fourth-order valence-corrected chi connectivity index (χ4v) is 7.96. The molecule has 11 heteroatoms. The summed E-state index contributed by atoms with van der Waals surface area (Å²) in [5.74, 6) is -3.01. The Morgan fingerprint density at radius 1 is 1.14 bits per heavy atom. The molecule has 1 aromatic rings. The summed E-state index contributed by atoms with van der Waals surface area (Å²) in [5, 5.41) is -1.10. The van der Waals surface area contributed by atoms with Gasteiger partial charge in [-0.15, -0.1) is 0 Å². The van der Waals surface area contributed by atoms with Crippen molar-refractivity contribution in [1.29, 1.82) is 0 Å². The van der Waals surface area contributed by atoms with E-state index in [-0.39, 0.29) is 41.6 Å². The molecule has 1 atom stereocenters. The lowest BCUT2D eigenvalue weighted by Crippen LogP contribution is -2.42. The molecule has 28 heavy (non-hydrogen) atoms. The number of nitrogens with two attached hydrogens (primary N) is 1. The second kappa shape index (κ2) is 7.43. The first-order valence-electron chi connectivity index (χ1n) is 8.84. The van der Waals surface area contributed by atoms with Crippen molar-refractivity contribution in [3.63, 3.8) is 0 Å². The number of piperidine rings is 1. The van der Waals surface area contributed by atoms with E-state index in [9.17, 15) is 30.8 Å². The zero-order valence-electron chi connectivity index (χ0n) is 15.0. The third kappa shape index (κ3) is 4.04. The van der Waals surface area contributed by atoms with Crippen LogP contribution in [0.4, 0.5) is 4.39 Å². The normalized spacial score (nSPS) is 22.9. The van der Waals surface area contributed by atoms with E-state index in [1.807, 2.05) is 0 Å². The van der Waals surface area contributed by atoms with Crippen LogP contribution in [-0.2, 0) is 24.5 Å². The second-order valence-corrected chi connectivity index (χ2v) is 11.6. The van der Waals surface area contributed by atoms with Gasteiger partial charge < -0.3 is 10.6 Å². The molecule has 2 saturated heterocycles. The maximum atomic E-state index is 14.3. The van der Waals surface area contributed by atoms with E-state index in [1.165, 1.54) is 4.90 Å². The third-order valence-electron chi connectivity index (χ3n) is 5.31. The highest BCUT2D eigenvalue weighted by Crippen LogP contribution is 2.27. The number of amides is 2. The molecule has 0 unspecified atom stereocenters. The topological polar surface area (TPSA) is 132 Å². The highest BCUT2D eigenvalue weighted by Gasteiger charge is 2.38. The van der Waals surface area contributed by atoms with E-state index in [0.29, 0.717) is 12.8 Å². The SMILES string of the molecule is NC(=O)C1CCN(C(=O)c2cc(S(=O)(=O)[C@H]3CCS(=O)(=O)C3)ccc2F)CC1. The molecule has 8 nitrogen and oxygen atoms in total. The van der Waals surface area contributed by atoms with Crippen LogP contribution < -0.4 is 5.73 Å². The molecule has 154 valence electrons. The quantitative estimate of drug-likeness (QED) is 0.673. The highest BCUT2D eigenvalue weighted by atomic mass is 32.2. The first-order valence-corrected chi connectivity index (χ1v) is 12.2. The summed E-state index contributed by atoms with van der Waals surface area (Å²) in [6.07, 6.45) is 0.702. The lowest BCUT2D eigenvalue weighted by atomic mass is 9.96. The Kier molecular flexibility index (Phi) is 5.50. The van der Waals surface area contributed by atoms with Crippen LogP contribution >= 0.6 is 0 Å². The van der Waals surface area contributed by atoms with Crippen molar-refractivity contribution in [2.24, 2.45) is 11.7 Å². The van der Waals surface area contributed by atoms with Crippen LogP contribution in [0.25, 0.3) is 0 Å². The van der Waals surface area contributed by atoms with E-state index in [4.69, 9.17) is 5.73 Å². The highest BCUT2D eigenvalue weighted by molar-refractivity contribution is 7.96. The Hall–Kier alpha value is -2.01. The zero-order chi connectivity index (χ0) is 20.7. The molecule has 2 amide bonds. The van der Waals surface area contributed by atoms with Crippen molar-refractivity contribution in [1.82, 2.24) is 4.90 Å². The number of primary amides is 1. The number of benzene rings is 1. The Morgan fingerprint density at radius 3 is 2.32 bits per heavy atom. The number of halogens is 1. The van der Waals surface area contributed by atoms with Crippen LogP contribution in [0, 0.1) is 11.7 Å². The van der Waals surface area contributed by atoms with Crippen molar-refractivity contribution < 1.29 is 30.8 Å². The van der Waals surface area contributed by atoms with Gasteiger partial charge in [-0.1, -0.05) is 0 Å². The van der Waals surface area contributed by atoms with Gasteiger partial charge in [0.05, 0.1) is 27.2 Å². The molecule has 0 spiro atoms. The van der Waals surface area contributed by atoms with Crippen LogP contribution in [-0.4, -0.2) is 63.4 Å². The van der Waals surface area contributed by atoms with Crippen LogP contribution in [0.2, 0.25) is 0 Å². The summed E-state index contributed by atoms with van der Waals surface area (Å²) in [4.78, 5) is 25.0. The molecular formula is C17H21FN2O6S2. The average molecular weight is 432 g/mol. The fraction of sp³-hybridized carbons (Fsp3) is 0.529. The van der Waals surface area contributed by atoms with Crippen molar-refractivity contribution >= 4 is 31.5 Å². The third-order valence-corrected chi connectivity index (χ3v) is 9.48. The molecule has 0 aliphatic carbocycles. The molecule has 0 radical (unpaired) electrons. The predicted octanol–water partition coefficient (Wildman–Crippen LogP) is 0.124. The molecule has 2 N–H and O–H groups in total. The van der Waals surface area contributed by atoms with Gasteiger partial charge >= 0.3 is 0 Å². The van der Waals surface area contributed by atoms with E-state index >= 15 is 0 Å². The monoisotopic (exact) mass is 432 g/mol. The summed E-state index contributed by atoms with van der Waals surface area (Å²) in [5.41, 5.74) is 4.87. The minimum atomic E-state index is -4.01. The minimum Gasteiger partial charge on any atom is -0.369 e. The van der Waals surface area contributed by atoms with Gasteiger partial charge in [-0.3, -0.25) is 9.59 Å². The standard InChI is InChI=1S/C17H21FN2O6S2/c18-15-2-1-12(28(25,26)13-5-8-27(23,24)10-13)9-14(15)17(22)20-6-3-11(4-7-20)16(19)21/h1-2,9,11,13H,3-8,10H2,(H2,19,21)/t13-/m0/s1. The fourth-order valence-electron chi connectivity index (χ4n) is 3.58. The molecule has 1 aromatic carbocycles. The van der Waals surface area contributed by atoms with Crippen LogP contribution in [0.3, 0.4) is 0 Å². The van der Waals surface area contributed by atoms with Crippen molar-refractivity contribution in [3.05, 3.63) is 29.6 Å².